The summed E-state index contributed by atoms with van der Waals surface area (Å²) in [6, 6.07) is 19.7. The Bertz CT molecular complexity index is 1070. The molecule has 158 valence electrons. The highest BCUT2D eigenvalue weighted by Gasteiger charge is 2.11. The Morgan fingerprint density at radius 2 is 1.10 bits per heavy atom. The van der Waals surface area contributed by atoms with Crippen molar-refractivity contribution in [2.75, 3.05) is 0 Å². The Hall–Kier alpha value is -4.46. The molecule has 0 aliphatic carbocycles. The summed E-state index contributed by atoms with van der Waals surface area (Å²) in [5, 5.41) is 17.2. The van der Waals surface area contributed by atoms with Gasteiger partial charge in [-0.3, -0.25) is 4.79 Å². The highest BCUT2D eigenvalue weighted by Crippen LogP contribution is 2.20. The van der Waals surface area contributed by atoms with E-state index in [1.54, 1.807) is 42.5 Å². The van der Waals surface area contributed by atoms with Gasteiger partial charge in [0.2, 0.25) is 0 Å². The lowest BCUT2D eigenvalue weighted by Gasteiger charge is -2.06. The number of carbonyl (C=O) groups is 4. The molecule has 0 saturated heterocycles. The lowest BCUT2D eigenvalue weighted by atomic mass is 10.1. The highest BCUT2D eigenvalue weighted by molar-refractivity contribution is 5.93. The zero-order chi connectivity index (χ0) is 22.8. The quantitative estimate of drug-likeness (QED) is 0.468. The lowest BCUT2D eigenvalue weighted by Crippen LogP contribution is -2.09. The Morgan fingerprint density at radius 1 is 0.613 bits per heavy atom. The molecule has 3 aromatic rings. The van der Waals surface area contributed by atoms with Crippen molar-refractivity contribution in [1.29, 1.82) is 0 Å². The molecule has 0 heterocycles. The molecule has 0 aliphatic heterocycles. The van der Waals surface area contributed by atoms with Crippen LogP contribution < -0.4 is 9.47 Å². The molecule has 0 saturated carbocycles. The van der Waals surface area contributed by atoms with Gasteiger partial charge in [-0.2, -0.15) is 0 Å². The van der Waals surface area contributed by atoms with E-state index in [1.807, 2.05) is 0 Å². The summed E-state index contributed by atoms with van der Waals surface area (Å²) < 4.78 is 10.0. The third-order valence-electron chi connectivity index (χ3n) is 3.67. The number of aromatic carboxylic acids is 2. The molecule has 8 nitrogen and oxygen atoms in total. The van der Waals surface area contributed by atoms with Gasteiger partial charge in [0.05, 0.1) is 16.7 Å². The zero-order valence-corrected chi connectivity index (χ0v) is 16.3. The molecule has 0 aromatic heterocycles. The van der Waals surface area contributed by atoms with Crippen LogP contribution in [0, 0.1) is 0 Å². The molecule has 0 radical (unpaired) electrons. The van der Waals surface area contributed by atoms with Crippen molar-refractivity contribution >= 4 is 23.9 Å². The fourth-order valence-corrected chi connectivity index (χ4v) is 2.26. The second-order valence-electron chi connectivity index (χ2n) is 6.01. The van der Waals surface area contributed by atoms with Crippen LogP contribution in [0.1, 0.15) is 38.0 Å². The standard InChI is InChI=1S/C16H12O6.C7H6O2/c1-10(17)21-13-3-2-4-14(9-13)22-16(20)12-7-5-11(6-8-12)15(18)19;8-7(9)6-4-2-1-3-5-6/h2-9H,1H3,(H,18,19);1-5H,(H,8,9). The summed E-state index contributed by atoms with van der Waals surface area (Å²) in [6.07, 6.45) is 0. The van der Waals surface area contributed by atoms with Crippen molar-refractivity contribution in [1.82, 2.24) is 0 Å². The molecule has 3 rings (SSSR count). The molecular weight excluding hydrogens is 404 g/mol. The molecule has 0 unspecified atom stereocenters. The number of rotatable bonds is 5. The Labute approximate surface area is 177 Å². The van der Waals surface area contributed by atoms with Crippen molar-refractivity contribution in [3.05, 3.63) is 95.6 Å². The van der Waals surface area contributed by atoms with Crippen LogP contribution in [0.15, 0.2) is 78.9 Å². The molecule has 0 amide bonds. The van der Waals surface area contributed by atoms with Crippen LogP contribution in [-0.4, -0.2) is 34.1 Å². The SMILES string of the molecule is CC(=O)Oc1cccc(OC(=O)c2ccc(C(=O)O)cc2)c1.O=C(O)c1ccccc1. The van der Waals surface area contributed by atoms with E-state index in [1.165, 1.54) is 43.3 Å². The maximum atomic E-state index is 12.0. The van der Waals surface area contributed by atoms with Gasteiger partial charge in [0.15, 0.2) is 0 Å². The Balaban J connectivity index is 0.000000316. The number of carboxylic acid groups (broad SMARTS) is 2. The molecule has 0 fully saturated rings. The van der Waals surface area contributed by atoms with Gasteiger partial charge in [-0.1, -0.05) is 24.3 Å². The zero-order valence-electron chi connectivity index (χ0n) is 16.3. The van der Waals surface area contributed by atoms with E-state index in [-0.39, 0.29) is 22.6 Å². The Kier molecular flexibility index (Phi) is 8.04. The number of carbonyl (C=O) groups excluding carboxylic acids is 2. The minimum atomic E-state index is -1.07. The lowest BCUT2D eigenvalue weighted by molar-refractivity contribution is -0.131. The van der Waals surface area contributed by atoms with Gasteiger partial charge in [-0.05, 0) is 48.5 Å². The van der Waals surface area contributed by atoms with Gasteiger partial charge < -0.3 is 19.7 Å². The fourth-order valence-electron chi connectivity index (χ4n) is 2.26. The monoisotopic (exact) mass is 422 g/mol. The summed E-state index contributed by atoms with van der Waals surface area (Å²) in [6.45, 7) is 1.27. The van der Waals surface area contributed by atoms with Crippen LogP contribution in [0.2, 0.25) is 0 Å². The van der Waals surface area contributed by atoms with E-state index >= 15 is 0 Å². The van der Waals surface area contributed by atoms with Crippen LogP contribution in [0.3, 0.4) is 0 Å². The summed E-state index contributed by atoms with van der Waals surface area (Å²) in [5.41, 5.74) is 0.619. The third kappa shape index (κ3) is 7.47. The van der Waals surface area contributed by atoms with Gasteiger partial charge in [0.1, 0.15) is 11.5 Å². The molecule has 0 spiro atoms. The van der Waals surface area contributed by atoms with Crippen molar-refractivity contribution in [2.24, 2.45) is 0 Å². The van der Waals surface area contributed by atoms with Crippen molar-refractivity contribution in [3.8, 4) is 11.5 Å². The molecule has 8 heteroatoms. The molecule has 2 N–H and O–H groups in total. The maximum absolute atomic E-state index is 12.0. The van der Waals surface area contributed by atoms with Crippen LogP contribution in [0.4, 0.5) is 0 Å². The molecule has 3 aromatic carbocycles. The fraction of sp³-hybridized carbons (Fsp3) is 0.0435. The first-order valence-electron chi connectivity index (χ1n) is 8.88. The number of ether oxygens (including phenoxy) is 2. The van der Waals surface area contributed by atoms with Gasteiger partial charge in [-0.15, -0.1) is 0 Å². The predicted octanol–water partition coefficient (Wildman–Crippen LogP) is 3.91. The summed E-state index contributed by atoms with van der Waals surface area (Å²) in [4.78, 5) is 43.8. The first kappa shape index (κ1) is 22.8. The topological polar surface area (TPSA) is 127 Å². The summed E-state index contributed by atoms with van der Waals surface area (Å²) >= 11 is 0. The number of hydrogen-bond acceptors (Lipinski definition) is 6. The largest absolute Gasteiger partial charge is 0.478 e. The Morgan fingerprint density at radius 3 is 1.58 bits per heavy atom. The molecular formula is C23H18O8. The van der Waals surface area contributed by atoms with Gasteiger partial charge in [0, 0.05) is 13.0 Å². The summed E-state index contributed by atoms with van der Waals surface area (Å²) in [7, 11) is 0. The van der Waals surface area contributed by atoms with Crippen LogP contribution >= 0.6 is 0 Å². The van der Waals surface area contributed by atoms with E-state index in [2.05, 4.69) is 0 Å². The van der Waals surface area contributed by atoms with E-state index < -0.39 is 23.9 Å². The number of hydrogen-bond donors (Lipinski definition) is 2. The average molecular weight is 422 g/mol. The highest BCUT2D eigenvalue weighted by atomic mass is 16.5. The smallest absolute Gasteiger partial charge is 0.343 e. The van der Waals surface area contributed by atoms with Crippen LogP contribution in [0.25, 0.3) is 0 Å². The number of benzene rings is 3. The van der Waals surface area contributed by atoms with Crippen molar-refractivity contribution in [3.63, 3.8) is 0 Å². The van der Waals surface area contributed by atoms with Crippen molar-refractivity contribution in [2.45, 2.75) is 6.92 Å². The van der Waals surface area contributed by atoms with Crippen LogP contribution in [-0.2, 0) is 4.79 Å². The van der Waals surface area contributed by atoms with E-state index in [0.29, 0.717) is 5.56 Å². The first-order valence-corrected chi connectivity index (χ1v) is 8.88. The summed E-state index contributed by atoms with van der Waals surface area (Å²) in [5.74, 6) is -2.60. The molecule has 0 bridgehead atoms. The first-order chi connectivity index (χ1) is 14.8. The maximum Gasteiger partial charge on any atom is 0.343 e. The van der Waals surface area contributed by atoms with Gasteiger partial charge in [0.25, 0.3) is 0 Å². The van der Waals surface area contributed by atoms with Gasteiger partial charge >= 0.3 is 23.9 Å². The normalized spacial score (nSPS) is 9.58. The minimum Gasteiger partial charge on any atom is -0.478 e. The minimum absolute atomic E-state index is 0.0772. The number of esters is 2. The van der Waals surface area contributed by atoms with Crippen molar-refractivity contribution < 1.29 is 38.9 Å². The number of carboxylic acids is 2. The second-order valence-corrected chi connectivity index (χ2v) is 6.01. The third-order valence-corrected chi connectivity index (χ3v) is 3.67. The van der Waals surface area contributed by atoms with E-state index in [0.717, 1.165) is 0 Å². The van der Waals surface area contributed by atoms with Crippen LogP contribution in [0.5, 0.6) is 11.5 Å². The molecule has 0 aliphatic rings. The molecule has 0 atom stereocenters. The predicted molar refractivity (Wildman–Crippen MR) is 110 cm³/mol. The average Bonchev–Trinajstić information content (AvgIpc) is 2.74. The van der Waals surface area contributed by atoms with Gasteiger partial charge in [-0.25, -0.2) is 14.4 Å². The van der Waals surface area contributed by atoms with E-state index in [9.17, 15) is 19.2 Å². The van der Waals surface area contributed by atoms with E-state index in [4.69, 9.17) is 19.7 Å². The molecule has 31 heavy (non-hydrogen) atoms. The second kappa shape index (κ2) is 10.9.